The van der Waals surface area contributed by atoms with E-state index in [1.54, 1.807) is 6.20 Å². The van der Waals surface area contributed by atoms with Crippen LogP contribution in [0.4, 0.5) is 5.69 Å². The van der Waals surface area contributed by atoms with E-state index in [1.807, 2.05) is 38.9 Å². The maximum atomic E-state index is 5.82. The molecule has 4 nitrogen and oxygen atoms in total. The van der Waals surface area contributed by atoms with Crippen LogP contribution in [0.1, 0.15) is 26.7 Å². The molecule has 1 aromatic rings. The minimum atomic E-state index is 0.132. The van der Waals surface area contributed by atoms with E-state index in [4.69, 9.17) is 9.47 Å². The van der Waals surface area contributed by atoms with E-state index in [0.29, 0.717) is 12.0 Å². The molecule has 0 bridgehead atoms. The number of nitrogens with zero attached hydrogens (tertiary/aromatic N) is 2. The van der Waals surface area contributed by atoms with Gasteiger partial charge in [-0.15, -0.1) is 0 Å². The van der Waals surface area contributed by atoms with Crippen molar-refractivity contribution in [2.24, 2.45) is 0 Å². The predicted molar refractivity (Wildman–Crippen MR) is 68.0 cm³/mol. The average Bonchev–Trinajstić information content (AvgIpc) is 3.03. The molecule has 0 aliphatic heterocycles. The zero-order chi connectivity index (χ0) is 12.4. The van der Waals surface area contributed by atoms with Crippen LogP contribution in [-0.2, 0) is 0 Å². The molecule has 0 unspecified atom stereocenters. The molecular weight excluding hydrogens is 216 g/mol. The van der Waals surface area contributed by atoms with Gasteiger partial charge in [0.1, 0.15) is 0 Å². The maximum absolute atomic E-state index is 5.82. The summed E-state index contributed by atoms with van der Waals surface area (Å²) in [5.74, 6) is 1.49. The van der Waals surface area contributed by atoms with Crippen LogP contribution in [0.25, 0.3) is 0 Å². The fraction of sp³-hybridized carbons (Fsp3) is 0.615. The van der Waals surface area contributed by atoms with Crippen molar-refractivity contribution < 1.29 is 9.47 Å². The van der Waals surface area contributed by atoms with E-state index >= 15 is 0 Å². The van der Waals surface area contributed by atoms with Crippen LogP contribution in [0, 0.1) is 0 Å². The van der Waals surface area contributed by atoms with Gasteiger partial charge in [0.25, 0.3) is 0 Å². The topological polar surface area (TPSA) is 34.6 Å². The van der Waals surface area contributed by atoms with Gasteiger partial charge < -0.3 is 14.4 Å². The molecule has 0 atom stereocenters. The lowest BCUT2D eigenvalue weighted by atomic mass is 10.3. The summed E-state index contributed by atoms with van der Waals surface area (Å²) in [6.07, 6.45) is 4.57. The molecule has 0 spiro atoms. The Bertz CT molecular complexity index is 387. The van der Waals surface area contributed by atoms with Crippen molar-refractivity contribution in [1.82, 2.24) is 4.98 Å². The van der Waals surface area contributed by atoms with Crippen molar-refractivity contribution in [2.75, 3.05) is 19.0 Å². The maximum Gasteiger partial charge on any atom is 0.215 e. The normalized spacial score (nSPS) is 14.9. The van der Waals surface area contributed by atoms with Gasteiger partial charge in [0.15, 0.2) is 5.75 Å². The smallest absolute Gasteiger partial charge is 0.215 e. The van der Waals surface area contributed by atoms with Crippen molar-refractivity contribution in [3.8, 4) is 11.6 Å². The lowest BCUT2D eigenvalue weighted by Crippen LogP contribution is -2.13. The molecule has 1 aromatic heterocycles. The third-order valence-electron chi connectivity index (χ3n) is 2.48. The summed E-state index contributed by atoms with van der Waals surface area (Å²) >= 11 is 0. The first-order valence-electron chi connectivity index (χ1n) is 6.07. The number of ether oxygens (including phenoxy) is 2. The van der Waals surface area contributed by atoms with Gasteiger partial charge in [0, 0.05) is 20.2 Å². The first-order valence-corrected chi connectivity index (χ1v) is 6.07. The van der Waals surface area contributed by atoms with Gasteiger partial charge in [-0.1, -0.05) is 0 Å². The van der Waals surface area contributed by atoms with Gasteiger partial charge in [-0.05, 0) is 26.7 Å². The number of rotatable bonds is 5. The van der Waals surface area contributed by atoms with Gasteiger partial charge >= 0.3 is 0 Å². The summed E-state index contributed by atoms with van der Waals surface area (Å²) in [4.78, 5) is 6.29. The molecule has 1 aliphatic carbocycles. The van der Waals surface area contributed by atoms with E-state index in [9.17, 15) is 0 Å². The predicted octanol–water partition coefficient (Wildman–Crippen LogP) is 2.48. The van der Waals surface area contributed by atoms with Crippen LogP contribution in [0.3, 0.4) is 0 Å². The molecule has 1 fully saturated rings. The lowest BCUT2D eigenvalue weighted by molar-refractivity contribution is 0.231. The number of aromatic nitrogens is 1. The molecule has 2 rings (SSSR count). The fourth-order valence-corrected chi connectivity index (χ4v) is 1.53. The van der Waals surface area contributed by atoms with Gasteiger partial charge in [0.05, 0.1) is 24.1 Å². The summed E-state index contributed by atoms with van der Waals surface area (Å²) in [7, 11) is 3.99. The molecule has 1 aliphatic rings. The zero-order valence-corrected chi connectivity index (χ0v) is 10.9. The SMILES string of the molecule is CC(C)Oc1cc(N(C)C)c(OC2CC2)cn1. The fourth-order valence-electron chi connectivity index (χ4n) is 1.53. The Hall–Kier alpha value is -1.45. The zero-order valence-electron chi connectivity index (χ0n) is 10.9. The van der Waals surface area contributed by atoms with Crippen LogP contribution >= 0.6 is 0 Å². The number of pyridine rings is 1. The van der Waals surface area contributed by atoms with Crippen molar-refractivity contribution in [3.05, 3.63) is 12.3 Å². The molecular formula is C13H20N2O2. The van der Waals surface area contributed by atoms with Crippen LogP contribution in [0.5, 0.6) is 11.6 Å². The summed E-state index contributed by atoms with van der Waals surface area (Å²) in [6.45, 7) is 3.98. The van der Waals surface area contributed by atoms with Gasteiger partial charge in [0.2, 0.25) is 5.88 Å². The molecule has 1 saturated carbocycles. The summed E-state index contributed by atoms with van der Waals surface area (Å²) in [5, 5.41) is 0. The van der Waals surface area contributed by atoms with Crippen LogP contribution < -0.4 is 14.4 Å². The minimum absolute atomic E-state index is 0.132. The van der Waals surface area contributed by atoms with Gasteiger partial charge in [-0.2, -0.15) is 0 Å². The highest BCUT2D eigenvalue weighted by atomic mass is 16.5. The Morgan fingerprint density at radius 3 is 2.59 bits per heavy atom. The number of hydrogen-bond acceptors (Lipinski definition) is 4. The second kappa shape index (κ2) is 4.82. The average molecular weight is 236 g/mol. The Balaban J connectivity index is 2.20. The minimum Gasteiger partial charge on any atom is -0.487 e. The Morgan fingerprint density at radius 1 is 1.35 bits per heavy atom. The van der Waals surface area contributed by atoms with E-state index < -0.39 is 0 Å². The largest absolute Gasteiger partial charge is 0.487 e. The van der Waals surface area contributed by atoms with E-state index in [1.165, 1.54) is 0 Å². The quantitative estimate of drug-likeness (QED) is 0.786. The summed E-state index contributed by atoms with van der Waals surface area (Å²) in [6, 6.07) is 1.93. The van der Waals surface area contributed by atoms with Crippen LogP contribution in [0.15, 0.2) is 12.3 Å². The van der Waals surface area contributed by atoms with Crippen molar-refractivity contribution in [3.63, 3.8) is 0 Å². The molecule has 4 heteroatoms. The lowest BCUT2D eigenvalue weighted by Gasteiger charge is -2.19. The van der Waals surface area contributed by atoms with Crippen LogP contribution in [-0.4, -0.2) is 31.3 Å². The molecule has 1 heterocycles. The first kappa shape index (κ1) is 12.0. The number of anilines is 1. The van der Waals surface area contributed by atoms with Crippen LogP contribution in [0.2, 0.25) is 0 Å². The molecule has 0 N–H and O–H groups in total. The van der Waals surface area contributed by atoms with Gasteiger partial charge in [-0.25, -0.2) is 4.98 Å². The molecule has 0 amide bonds. The van der Waals surface area contributed by atoms with Crippen molar-refractivity contribution in [1.29, 1.82) is 0 Å². The third kappa shape index (κ3) is 3.25. The second-order valence-corrected chi connectivity index (χ2v) is 4.87. The molecule has 94 valence electrons. The standard InChI is InChI=1S/C13H20N2O2/c1-9(2)16-13-7-11(15(3)4)12(8-14-13)17-10-5-6-10/h7-10H,5-6H2,1-4H3. The van der Waals surface area contributed by atoms with Gasteiger partial charge in [-0.3, -0.25) is 0 Å². The van der Waals surface area contributed by atoms with Crippen molar-refractivity contribution in [2.45, 2.75) is 38.9 Å². The van der Waals surface area contributed by atoms with E-state index in [-0.39, 0.29) is 6.10 Å². The Labute approximate surface area is 103 Å². The summed E-state index contributed by atoms with van der Waals surface area (Å²) in [5.41, 5.74) is 1.02. The Morgan fingerprint density at radius 2 is 2.06 bits per heavy atom. The highest BCUT2D eigenvalue weighted by Gasteiger charge is 2.25. The van der Waals surface area contributed by atoms with E-state index in [0.717, 1.165) is 24.3 Å². The van der Waals surface area contributed by atoms with Crippen molar-refractivity contribution >= 4 is 5.69 Å². The highest BCUT2D eigenvalue weighted by molar-refractivity contribution is 5.58. The molecule has 17 heavy (non-hydrogen) atoms. The van der Waals surface area contributed by atoms with E-state index in [2.05, 4.69) is 4.98 Å². The monoisotopic (exact) mass is 236 g/mol. The highest BCUT2D eigenvalue weighted by Crippen LogP contribution is 2.34. The second-order valence-electron chi connectivity index (χ2n) is 4.87. The molecule has 0 aromatic carbocycles. The molecule has 0 saturated heterocycles. The first-order chi connectivity index (χ1) is 8.06. The Kier molecular flexibility index (Phi) is 3.41. The number of hydrogen-bond donors (Lipinski definition) is 0. The molecule has 0 radical (unpaired) electrons. The third-order valence-corrected chi connectivity index (χ3v) is 2.48. The summed E-state index contributed by atoms with van der Waals surface area (Å²) < 4.78 is 11.4.